The maximum absolute atomic E-state index is 11.1. The molecule has 4 nitrogen and oxygen atoms in total. The summed E-state index contributed by atoms with van der Waals surface area (Å²) in [4.78, 5) is 15.5. The first-order valence-electron chi connectivity index (χ1n) is 6.13. The number of rotatable bonds is 4. The van der Waals surface area contributed by atoms with E-state index in [1.54, 1.807) is 18.4 Å². The Bertz CT molecular complexity index is 759. The van der Waals surface area contributed by atoms with Crippen LogP contribution in [-0.4, -0.2) is 23.2 Å². The molecule has 0 spiro atoms. The van der Waals surface area contributed by atoms with Crippen molar-refractivity contribution in [1.29, 1.82) is 0 Å². The second-order valence-corrected chi connectivity index (χ2v) is 5.39. The number of aromatic amines is 1. The molecular formula is C15H13NO3S. The zero-order valence-electron chi connectivity index (χ0n) is 10.8. The largest absolute Gasteiger partial charge is 0.497 e. The number of benzene rings is 1. The van der Waals surface area contributed by atoms with Crippen molar-refractivity contribution in [1.82, 2.24) is 4.98 Å². The van der Waals surface area contributed by atoms with Gasteiger partial charge in [-0.05, 0) is 35.2 Å². The summed E-state index contributed by atoms with van der Waals surface area (Å²) in [6, 6.07) is 9.59. The van der Waals surface area contributed by atoms with Crippen LogP contribution in [0.1, 0.15) is 5.56 Å². The van der Waals surface area contributed by atoms with Crippen LogP contribution in [0.4, 0.5) is 0 Å². The molecule has 0 aliphatic carbocycles. The van der Waals surface area contributed by atoms with Gasteiger partial charge in [-0.15, -0.1) is 11.3 Å². The van der Waals surface area contributed by atoms with Gasteiger partial charge in [-0.25, -0.2) is 0 Å². The van der Waals surface area contributed by atoms with Crippen molar-refractivity contribution in [2.45, 2.75) is 6.42 Å². The Morgan fingerprint density at radius 2 is 2.25 bits per heavy atom. The third-order valence-corrected chi connectivity index (χ3v) is 4.10. The monoisotopic (exact) mass is 287 g/mol. The van der Waals surface area contributed by atoms with E-state index in [0.717, 1.165) is 32.8 Å². The molecule has 0 aliphatic heterocycles. The van der Waals surface area contributed by atoms with Crippen molar-refractivity contribution in [3.05, 3.63) is 41.3 Å². The molecule has 1 aromatic carbocycles. The maximum Gasteiger partial charge on any atom is 0.307 e. The fraction of sp³-hybridized carbons (Fsp3) is 0.133. The Morgan fingerprint density at radius 3 is 2.90 bits per heavy atom. The van der Waals surface area contributed by atoms with Gasteiger partial charge < -0.3 is 14.8 Å². The number of fused-ring (bicyclic) bond motifs is 1. The number of nitrogens with one attached hydrogen (secondary N) is 1. The normalized spacial score (nSPS) is 10.8. The zero-order chi connectivity index (χ0) is 14.1. The number of aromatic nitrogens is 1. The molecule has 3 aromatic rings. The van der Waals surface area contributed by atoms with E-state index in [0.29, 0.717) is 0 Å². The number of hydrogen-bond acceptors (Lipinski definition) is 3. The van der Waals surface area contributed by atoms with Gasteiger partial charge in [0.25, 0.3) is 0 Å². The Morgan fingerprint density at radius 1 is 1.40 bits per heavy atom. The van der Waals surface area contributed by atoms with E-state index in [-0.39, 0.29) is 6.42 Å². The van der Waals surface area contributed by atoms with Gasteiger partial charge in [0.15, 0.2) is 0 Å². The molecule has 0 aliphatic rings. The topological polar surface area (TPSA) is 62.3 Å². The van der Waals surface area contributed by atoms with Crippen molar-refractivity contribution >= 4 is 28.2 Å². The van der Waals surface area contributed by atoms with E-state index in [1.165, 1.54) is 0 Å². The number of aliphatic carboxylic acids is 1. The Kier molecular flexibility index (Phi) is 3.20. The van der Waals surface area contributed by atoms with Gasteiger partial charge in [-0.3, -0.25) is 4.79 Å². The molecule has 3 rings (SSSR count). The number of carboxylic acids is 1. The molecule has 5 heteroatoms. The molecule has 102 valence electrons. The molecule has 0 amide bonds. The van der Waals surface area contributed by atoms with Crippen molar-refractivity contribution in [3.63, 3.8) is 0 Å². The van der Waals surface area contributed by atoms with E-state index in [2.05, 4.69) is 4.98 Å². The van der Waals surface area contributed by atoms with Crippen LogP contribution < -0.4 is 4.74 Å². The standard InChI is InChI=1S/C15H13NO3S/c1-19-9-4-5-12-10(7-9)11(8-14(17)18)15(16-12)13-3-2-6-20-13/h2-7,16H,8H2,1H3,(H,17,18). The molecule has 0 saturated carbocycles. The Labute approximate surface area is 119 Å². The molecule has 20 heavy (non-hydrogen) atoms. The SMILES string of the molecule is COc1ccc2[nH]c(-c3cccs3)c(CC(=O)O)c2c1. The summed E-state index contributed by atoms with van der Waals surface area (Å²) in [7, 11) is 1.60. The number of methoxy groups -OCH3 is 1. The number of thiophene rings is 1. The van der Waals surface area contributed by atoms with Gasteiger partial charge >= 0.3 is 5.97 Å². The summed E-state index contributed by atoms with van der Waals surface area (Å²) < 4.78 is 5.22. The van der Waals surface area contributed by atoms with E-state index < -0.39 is 5.97 Å². The van der Waals surface area contributed by atoms with Gasteiger partial charge in [0.05, 0.1) is 24.1 Å². The minimum atomic E-state index is -0.841. The van der Waals surface area contributed by atoms with E-state index in [1.807, 2.05) is 35.7 Å². The molecule has 0 radical (unpaired) electrons. The smallest absolute Gasteiger partial charge is 0.307 e. The van der Waals surface area contributed by atoms with E-state index in [4.69, 9.17) is 9.84 Å². The van der Waals surface area contributed by atoms with Crippen LogP contribution in [0.15, 0.2) is 35.7 Å². The molecule has 2 heterocycles. The number of H-pyrrole nitrogens is 1. The van der Waals surface area contributed by atoms with Crippen molar-refractivity contribution in [3.8, 4) is 16.3 Å². The highest BCUT2D eigenvalue weighted by Gasteiger charge is 2.16. The highest BCUT2D eigenvalue weighted by atomic mass is 32.1. The molecule has 2 N–H and O–H groups in total. The highest BCUT2D eigenvalue weighted by molar-refractivity contribution is 7.13. The molecule has 0 fully saturated rings. The van der Waals surface area contributed by atoms with Crippen LogP contribution in [0.3, 0.4) is 0 Å². The number of carbonyl (C=O) groups is 1. The fourth-order valence-electron chi connectivity index (χ4n) is 2.32. The predicted molar refractivity (Wildman–Crippen MR) is 79.5 cm³/mol. The predicted octanol–water partition coefficient (Wildman–Crippen LogP) is 3.53. The molecule has 0 atom stereocenters. The van der Waals surface area contributed by atoms with Crippen LogP contribution in [0.25, 0.3) is 21.5 Å². The van der Waals surface area contributed by atoms with Crippen molar-refractivity contribution in [2.24, 2.45) is 0 Å². The highest BCUT2D eigenvalue weighted by Crippen LogP contribution is 2.34. The first-order chi connectivity index (χ1) is 9.69. The summed E-state index contributed by atoms with van der Waals surface area (Å²) in [6.07, 6.45) is -0.0135. The van der Waals surface area contributed by atoms with Crippen LogP contribution in [0.5, 0.6) is 5.75 Å². The lowest BCUT2D eigenvalue weighted by molar-refractivity contribution is -0.136. The van der Waals surface area contributed by atoms with Gasteiger partial charge in [-0.2, -0.15) is 0 Å². The van der Waals surface area contributed by atoms with Crippen LogP contribution >= 0.6 is 11.3 Å². The van der Waals surface area contributed by atoms with Gasteiger partial charge in [0, 0.05) is 10.9 Å². The van der Waals surface area contributed by atoms with Gasteiger partial charge in [-0.1, -0.05) is 6.07 Å². The lowest BCUT2D eigenvalue weighted by Crippen LogP contribution is -2.00. The maximum atomic E-state index is 11.1. The van der Waals surface area contributed by atoms with Crippen LogP contribution in [-0.2, 0) is 11.2 Å². The molecular weight excluding hydrogens is 274 g/mol. The summed E-state index contributed by atoms with van der Waals surface area (Å²) in [5.41, 5.74) is 2.60. The van der Waals surface area contributed by atoms with Gasteiger partial charge in [0.2, 0.25) is 0 Å². The summed E-state index contributed by atoms with van der Waals surface area (Å²) in [5.74, 6) is -0.118. The van der Waals surface area contributed by atoms with E-state index >= 15 is 0 Å². The van der Waals surface area contributed by atoms with Crippen molar-refractivity contribution < 1.29 is 14.6 Å². The third-order valence-electron chi connectivity index (χ3n) is 3.21. The Hall–Kier alpha value is -2.27. The quantitative estimate of drug-likeness (QED) is 0.771. The minimum Gasteiger partial charge on any atom is -0.497 e. The number of carboxylic acid groups (broad SMARTS) is 1. The molecule has 2 aromatic heterocycles. The average molecular weight is 287 g/mol. The summed E-state index contributed by atoms with van der Waals surface area (Å²) >= 11 is 1.59. The fourth-order valence-corrected chi connectivity index (χ4v) is 3.07. The minimum absolute atomic E-state index is 0.0135. The van der Waals surface area contributed by atoms with Crippen LogP contribution in [0.2, 0.25) is 0 Å². The zero-order valence-corrected chi connectivity index (χ0v) is 11.7. The van der Waals surface area contributed by atoms with E-state index in [9.17, 15) is 4.79 Å². The van der Waals surface area contributed by atoms with Gasteiger partial charge in [0.1, 0.15) is 5.75 Å². The first-order valence-corrected chi connectivity index (χ1v) is 7.01. The molecule has 0 unspecified atom stereocenters. The second-order valence-electron chi connectivity index (χ2n) is 4.44. The number of hydrogen-bond donors (Lipinski definition) is 2. The first kappa shape index (κ1) is 12.7. The van der Waals surface area contributed by atoms with Crippen molar-refractivity contribution in [2.75, 3.05) is 7.11 Å². The lowest BCUT2D eigenvalue weighted by atomic mass is 10.1. The van der Waals surface area contributed by atoms with Crippen LogP contribution in [0, 0.1) is 0 Å². The summed E-state index contributed by atoms with van der Waals surface area (Å²) in [5, 5.41) is 12.0. The lowest BCUT2D eigenvalue weighted by Gasteiger charge is -2.01. The number of ether oxygens (including phenoxy) is 1. The Balaban J connectivity index is 2.25. The molecule has 0 bridgehead atoms. The average Bonchev–Trinajstić information content (AvgIpc) is 3.05. The molecule has 0 saturated heterocycles. The second kappa shape index (κ2) is 5.02. The summed E-state index contributed by atoms with van der Waals surface area (Å²) in [6.45, 7) is 0. The third kappa shape index (κ3) is 2.16.